The molecule has 0 aliphatic rings. The van der Waals surface area contributed by atoms with Crippen LogP contribution in [-0.2, 0) is 11.3 Å². The smallest absolute Gasteiger partial charge is 0.267 e. The molecule has 0 radical (unpaired) electrons. The molecule has 0 unspecified atom stereocenters. The third kappa shape index (κ3) is 5.81. The molecule has 1 amide bonds. The van der Waals surface area contributed by atoms with E-state index in [0.29, 0.717) is 5.92 Å². The number of benzene rings is 1. The fourth-order valence-corrected chi connectivity index (χ4v) is 3.60. The lowest BCUT2D eigenvalue weighted by Gasteiger charge is -2.23. The van der Waals surface area contributed by atoms with Gasteiger partial charge in [-0.05, 0) is 67.3 Å². The molecule has 31 heavy (non-hydrogen) atoms. The quantitative estimate of drug-likeness (QED) is 0.299. The fourth-order valence-electron chi connectivity index (χ4n) is 3.60. The number of pyridine rings is 1. The molecule has 0 spiro atoms. The number of carbonyl (C=O) groups is 1. The molecule has 1 aromatic carbocycles. The Bertz CT molecular complexity index is 1070. The lowest BCUT2D eigenvalue weighted by atomic mass is 9.99. The molecular weight excluding hydrogens is 388 g/mol. The van der Waals surface area contributed by atoms with E-state index in [0.717, 1.165) is 42.1 Å². The first kappa shape index (κ1) is 22.7. The van der Waals surface area contributed by atoms with Crippen molar-refractivity contribution < 1.29 is 10.0 Å². The van der Waals surface area contributed by atoms with Crippen LogP contribution in [-0.4, -0.2) is 38.5 Å². The molecule has 2 N–H and O–H groups in total. The Balaban J connectivity index is 1.86. The van der Waals surface area contributed by atoms with Crippen molar-refractivity contribution in [3.63, 3.8) is 0 Å². The van der Waals surface area contributed by atoms with Crippen LogP contribution in [0, 0.1) is 12.8 Å². The Hall–Kier alpha value is -2.96. The minimum Gasteiger partial charge on any atom is -0.306 e. The maximum absolute atomic E-state index is 11.2. The predicted octanol–water partition coefficient (Wildman–Crippen LogP) is 4.70. The Kier molecular flexibility index (Phi) is 7.60. The second kappa shape index (κ2) is 10.4. The molecule has 164 valence electrons. The minimum atomic E-state index is -0.564. The number of aromatic nitrogens is 2. The number of amides is 1. The number of hydroxylamine groups is 1. The van der Waals surface area contributed by atoms with Gasteiger partial charge in [0, 0.05) is 30.6 Å². The Morgan fingerprint density at radius 2 is 2.13 bits per heavy atom. The van der Waals surface area contributed by atoms with Crippen LogP contribution in [0.15, 0.2) is 48.8 Å². The zero-order valence-corrected chi connectivity index (χ0v) is 18.8. The topological polar surface area (TPSA) is 69.9 Å². The summed E-state index contributed by atoms with van der Waals surface area (Å²) in [6.07, 6.45) is 8.08. The van der Waals surface area contributed by atoms with E-state index < -0.39 is 5.91 Å². The standard InChI is InChI=1S/C25H32N4O2/c1-5-28(13-11-18(2)3)16-21-7-6-8-22(19(21)4)23-17-29-14-12-20(15-24(29)26-23)9-10-25(30)27-31/h6-10,12,14-15,17-18,31H,5,11,13,16H2,1-4H3,(H,27,30). The van der Waals surface area contributed by atoms with Crippen molar-refractivity contribution >= 4 is 17.6 Å². The van der Waals surface area contributed by atoms with Crippen LogP contribution in [0.25, 0.3) is 23.0 Å². The maximum Gasteiger partial charge on any atom is 0.267 e. The molecule has 3 aromatic rings. The predicted molar refractivity (Wildman–Crippen MR) is 125 cm³/mol. The van der Waals surface area contributed by atoms with Gasteiger partial charge in [-0.1, -0.05) is 39.0 Å². The van der Waals surface area contributed by atoms with Gasteiger partial charge in [0.15, 0.2) is 0 Å². The van der Waals surface area contributed by atoms with Crippen LogP contribution in [0.3, 0.4) is 0 Å². The summed E-state index contributed by atoms with van der Waals surface area (Å²) in [5, 5.41) is 8.62. The van der Waals surface area contributed by atoms with Crippen molar-refractivity contribution in [1.29, 1.82) is 0 Å². The Morgan fingerprint density at radius 1 is 1.32 bits per heavy atom. The minimum absolute atomic E-state index is 0.564. The highest BCUT2D eigenvalue weighted by atomic mass is 16.5. The van der Waals surface area contributed by atoms with Crippen LogP contribution in [0.1, 0.15) is 43.9 Å². The lowest BCUT2D eigenvalue weighted by molar-refractivity contribution is -0.124. The van der Waals surface area contributed by atoms with Crippen LogP contribution >= 0.6 is 0 Å². The molecule has 0 saturated heterocycles. The molecule has 0 aliphatic heterocycles. The first-order valence-electron chi connectivity index (χ1n) is 10.8. The van der Waals surface area contributed by atoms with Gasteiger partial charge < -0.3 is 4.40 Å². The van der Waals surface area contributed by atoms with Crippen LogP contribution < -0.4 is 5.48 Å². The van der Waals surface area contributed by atoms with Gasteiger partial charge in [0.05, 0.1) is 5.69 Å². The highest BCUT2D eigenvalue weighted by molar-refractivity contribution is 5.90. The third-order valence-corrected chi connectivity index (χ3v) is 5.61. The van der Waals surface area contributed by atoms with Gasteiger partial charge in [0.1, 0.15) is 5.65 Å². The zero-order chi connectivity index (χ0) is 22.4. The maximum atomic E-state index is 11.2. The van der Waals surface area contributed by atoms with Gasteiger partial charge in [-0.3, -0.25) is 14.9 Å². The summed E-state index contributed by atoms with van der Waals surface area (Å²) in [4.78, 5) is 18.5. The molecular formula is C25H32N4O2. The second-order valence-electron chi connectivity index (χ2n) is 8.30. The van der Waals surface area contributed by atoms with Gasteiger partial charge in [-0.25, -0.2) is 10.5 Å². The van der Waals surface area contributed by atoms with Crippen molar-refractivity contribution in [2.24, 2.45) is 5.92 Å². The molecule has 2 aromatic heterocycles. The van der Waals surface area contributed by atoms with E-state index in [1.54, 1.807) is 11.6 Å². The molecule has 2 heterocycles. The Morgan fingerprint density at radius 3 is 2.84 bits per heavy atom. The van der Waals surface area contributed by atoms with E-state index in [2.05, 4.69) is 50.8 Å². The molecule has 0 bridgehead atoms. The number of fused-ring (bicyclic) bond motifs is 1. The zero-order valence-electron chi connectivity index (χ0n) is 18.8. The number of hydrogen-bond acceptors (Lipinski definition) is 4. The van der Waals surface area contributed by atoms with Gasteiger partial charge in [0.2, 0.25) is 0 Å². The summed E-state index contributed by atoms with van der Waals surface area (Å²) in [6, 6.07) is 10.3. The molecule has 6 heteroatoms. The van der Waals surface area contributed by atoms with Crippen molar-refractivity contribution in [3.8, 4) is 11.3 Å². The van der Waals surface area contributed by atoms with Crippen molar-refractivity contribution in [2.45, 2.75) is 40.7 Å². The first-order valence-corrected chi connectivity index (χ1v) is 10.8. The Labute approximate surface area is 184 Å². The monoisotopic (exact) mass is 420 g/mol. The van der Waals surface area contributed by atoms with E-state index in [-0.39, 0.29) is 0 Å². The van der Waals surface area contributed by atoms with Crippen LogP contribution in [0.4, 0.5) is 0 Å². The van der Waals surface area contributed by atoms with Crippen LogP contribution in [0.2, 0.25) is 0 Å². The molecule has 6 nitrogen and oxygen atoms in total. The summed E-state index contributed by atoms with van der Waals surface area (Å²) < 4.78 is 1.98. The van der Waals surface area contributed by atoms with Gasteiger partial charge >= 0.3 is 0 Å². The molecule has 0 saturated carbocycles. The largest absolute Gasteiger partial charge is 0.306 e. The highest BCUT2D eigenvalue weighted by Crippen LogP contribution is 2.27. The van der Waals surface area contributed by atoms with Crippen LogP contribution in [0.5, 0.6) is 0 Å². The molecule has 0 fully saturated rings. The average Bonchev–Trinajstić information content (AvgIpc) is 3.18. The molecule has 3 rings (SSSR count). The summed E-state index contributed by atoms with van der Waals surface area (Å²) >= 11 is 0. The summed E-state index contributed by atoms with van der Waals surface area (Å²) in [7, 11) is 0. The van der Waals surface area contributed by atoms with Gasteiger partial charge in [-0.15, -0.1) is 0 Å². The third-order valence-electron chi connectivity index (χ3n) is 5.61. The number of carbonyl (C=O) groups excluding carboxylic acids is 1. The fraction of sp³-hybridized carbons (Fsp3) is 0.360. The van der Waals surface area contributed by atoms with E-state index in [9.17, 15) is 4.79 Å². The SMILES string of the molecule is CCN(CCC(C)C)Cc1cccc(-c2cn3ccc(C=CC(=O)NO)cc3n2)c1C. The summed E-state index contributed by atoms with van der Waals surface area (Å²) in [6.45, 7) is 12.0. The van der Waals surface area contributed by atoms with E-state index in [4.69, 9.17) is 10.2 Å². The highest BCUT2D eigenvalue weighted by Gasteiger charge is 2.13. The normalized spacial score (nSPS) is 11.8. The van der Waals surface area contributed by atoms with E-state index in [1.165, 1.54) is 23.6 Å². The number of hydrogen-bond donors (Lipinski definition) is 2. The molecule has 0 aliphatic carbocycles. The number of nitrogens with one attached hydrogen (secondary N) is 1. The van der Waals surface area contributed by atoms with Crippen molar-refractivity contribution in [2.75, 3.05) is 13.1 Å². The number of imidazole rings is 1. The van der Waals surface area contributed by atoms with E-state index in [1.807, 2.05) is 28.9 Å². The summed E-state index contributed by atoms with van der Waals surface area (Å²) in [5.41, 5.74) is 7.89. The van der Waals surface area contributed by atoms with Gasteiger partial charge in [-0.2, -0.15) is 0 Å². The van der Waals surface area contributed by atoms with Gasteiger partial charge in [0.25, 0.3) is 5.91 Å². The second-order valence-corrected chi connectivity index (χ2v) is 8.30. The molecule has 0 atom stereocenters. The first-order chi connectivity index (χ1) is 14.9. The van der Waals surface area contributed by atoms with E-state index >= 15 is 0 Å². The summed E-state index contributed by atoms with van der Waals surface area (Å²) in [5.74, 6) is 0.142. The lowest BCUT2D eigenvalue weighted by Crippen LogP contribution is -2.25. The van der Waals surface area contributed by atoms with Crippen molar-refractivity contribution in [3.05, 3.63) is 65.5 Å². The average molecular weight is 421 g/mol. The number of rotatable bonds is 9. The number of nitrogens with zero attached hydrogens (tertiary/aromatic N) is 3. The van der Waals surface area contributed by atoms with Crippen molar-refractivity contribution in [1.82, 2.24) is 19.8 Å².